The van der Waals surface area contributed by atoms with Gasteiger partial charge in [-0.15, -0.1) is 0 Å². The van der Waals surface area contributed by atoms with Crippen LogP contribution < -0.4 is 11.5 Å². The quantitative estimate of drug-likeness (QED) is 0.349. The van der Waals surface area contributed by atoms with E-state index in [0.717, 1.165) is 11.1 Å². The van der Waals surface area contributed by atoms with Gasteiger partial charge in [-0.25, -0.2) is 15.0 Å². The average molecular weight is 399 g/mol. The molecular formula is C19H13N9O2. The van der Waals surface area contributed by atoms with E-state index in [9.17, 15) is 9.59 Å². The number of imidazole rings is 1. The average Bonchev–Trinajstić information content (AvgIpc) is 3.36. The number of primary amides is 2. The van der Waals surface area contributed by atoms with Crippen LogP contribution in [-0.4, -0.2) is 46.9 Å². The van der Waals surface area contributed by atoms with Gasteiger partial charge in [0, 0.05) is 29.7 Å². The minimum Gasteiger partial charge on any atom is -0.366 e. The van der Waals surface area contributed by atoms with E-state index >= 15 is 0 Å². The molecule has 11 heteroatoms. The van der Waals surface area contributed by atoms with Gasteiger partial charge in [0.25, 0.3) is 11.8 Å². The zero-order chi connectivity index (χ0) is 20.8. The molecule has 11 nitrogen and oxygen atoms in total. The summed E-state index contributed by atoms with van der Waals surface area (Å²) in [6.07, 6.45) is 4.67. The number of rotatable bonds is 4. The zero-order valence-corrected chi connectivity index (χ0v) is 15.2. The second kappa shape index (κ2) is 6.44. The van der Waals surface area contributed by atoms with Gasteiger partial charge in [-0.2, -0.15) is 5.10 Å². The zero-order valence-electron chi connectivity index (χ0n) is 15.2. The van der Waals surface area contributed by atoms with Crippen LogP contribution in [0.25, 0.3) is 44.8 Å². The van der Waals surface area contributed by atoms with Crippen LogP contribution in [0.2, 0.25) is 0 Å². The van der Waals surface area contributed by atoms with Gasteiger partial charge < -0.3 is 16.5 Å². The third-order valence-electron chi connectivity index (χ3n) is 4.65. The van der Waals surface area contributed by atoms with Gasteiger partial charge in [-0.3, -0.25) is 19.7 Å². The van der Waals surface area contributed by atoms with E-state index in [2.05, 4.69) is 35.1 Å². The number of carbonyl (C=O) groups excluding carboxylic acids is 2. The molecule has 0 spiro atoms. The van der Waals surface area contributed by atoms with Gasteiger partial charge >= 0.3 is 0 Å². The van der Waals surface area contributed by atoms with E-state index in [1.807, 2.05) is 6.07 Å². The van der Waals surface area contributed by atoms with E-state index in [1.165, 1.54) is 12.3 Å². The topological polar surface area (TPSA) is 182 Å². The SMILES string of the molecule is NC(=O)c1ccc(-c2cnc3n[nH]c(-c4nc5nccc(C(N)=O)c5[nH]4)c3c2)cn1. The lowest BCUT2D eigenvalue weighted by Gasteiger charge is -2.02. The van der Waals surface area contributed by atoms with E-state index < -0.39 is 11.8 Å². The van der Waals surface area contributed by atoms with Gasteiger partial charge in [-0.05, 0) is 18.2 Å². The first-order chi connectivity index (χ1) is 14.5. The highest BCUT2D eigenvalue weighted by Crippen LogP contribution is 2.29. The molecular weight excluding hydrogens is 386 g/mol. The monoisotopic (exact) mass is 399 g/mol. The highest BCUT2D eigenvalue weighted by molar-refractivity contribution is 6.04. The lowest BCUT2D eigenvalue weighted by molar-refractivity contribution is 0.0989. The molecule has 0 saturated carbocycles. The van der Waals surface area contributed by atoms with E-state index in [1.54, 1.807) is 24.5 Å². The second-order valence-corrected chi connectivity index (χ2v) is 6.50. The third-order valence-corrected chi connectivity index (χ3v) is 4.65. The smallest absolute Gasteiger partial charge is 0.267 e. The summed E-state index contributed by atoms with van der Waals surface area (Å²) in [4.78, 5) is 43.0. The van der Waals surface area contributed by atoms with Crippen molar-refractivity contribution in [1.82, 2.24) is 35.1 Å². The van der Waals surface area contributed by atoms with Crippen molar-refractivity contribution in [3.63, 3.8) is 0 Å². The molecule has 0 atom stereocenters. The molecule has 0 saturated heterocycles. The lowest BCUT2D eigenvalue weighted by Crippen LogP contribution is -2.12. The number of nitrogens with one attached hydrogen (secondary N) is 2. The maximum Gasteiger partial charge on any atom is 0.267 e. The third kappa shape index (κ3) is 2.73. The summed E-state index contributed by atoms with van der Waals surface area (Å²) in [6, 6.07) is 6.69. The number of hydrogen-bond donors (Lipinski definition) is 4. The Kier molecular flexibility index (Phi) is 3.74. The Bertz CT molecular complexity index is 1450. The highest BCUT2D eigenvalue weighted by atomic mass is 16.1. The van der Waals surface area contributed by atoms with Gasteiger partial charge in [0.15, 0.2) is 17.1 Å². The number of H-pyrrole nitrogens is 2. The predicted molar refractivity (Wildman–Crippen MR) is 107 cm³/mol. The van der Waals surface area contributed by atoms with Crippen LogP contribution in [0.15, 0.2) is 42.9 Å². The Balaban J connectivity index is 1.63. The molecule has 0 bridgehead atoms. The summed E-state index contributed by atoms with van der Waals surface area (Å²) in [5.41, 5.74) is 14.5. The van der Waals surface area contributed by atoms with Crippen LogP contribution in [0.3, 0.4) is 0 Å². The molecule has 5 aromatic heterocycles. The molecule has 146 valence electrons. The minimum absolute atomic E-state index is 0.178. The van der Waals surface area contributed by atoms with Crippen LogP contribution in [0, 0.1) is 0 Å². The molecule has 0 unspecified atom stereocenters. The Morgan fingerprint density at radius 2 is 1.73 bits per heavy atom. The number of nitrogens with two attached hydrogens (primary N) is 2. The summed E-state index contributed by atoms with van der Waals surface area (Å²) in [7, 11) is 0. The number of fused-ring (bicyclic) bond motifs is 2. The van der Waals surface area contributed by atoms with Crippen molar-refractivity contribution in [2.75, 3.05) is 0 Å². The molecule has 0 radical (unpaired) electrons. The molecule has 2 amide bonds. The van der Waals surface area contributed by atoms with Crippen molar-refractivity contribution in [2.45, 2.75) is 0 Å². The van der Waals surface area contributed by atoms with Crippen molar-refractivity contribution in [1.29, 1.82) is 0 Å². The lowest BCUT2D eigenvalue weighted by atomic mass is 10.1. The van der Waals surface area contributed by atoms with E-state index in [0.29, 0.717) is 39.3 Å². The molecule has 6 N–H and O–H groups in total. The number of amides is 2. The van der Waals surface area contributed by atoms with E-state index in [4.69, 9.17) is 11.5 Å². The van der Waals surface area contributed by atoms with Crippen molar-refractivity contribution in [2.24, 2.45) is 11.5 Å². The molecule has 30 heavy (non-hydrogen) atoms. The molecule has 0 aliphatic carbocycles. The fraction of sp³-hybridized carbons (Fsp3) is 0. The number of aromatic amines is 2. The van der Waals surface area contributed by atoms with Gasteiger partial charge in [0.05, 0.1) is 16.5 Å². The molecule has 0 aliphatic heterocycles. The van der Waals surface area contributed by atoms with Gasteiger partial charge in [-0.1, -0.05) is 6.07 Å². The first-order valence-electron chi connectivity index (χ1n) is 8.76. The summed E-state index contributed by atoms with van der Waals surface area (Å²) in [5.74, 6) is -0.737. The number of hydrogen-bond acceptors (Lipinski definition) is 7. The maximum absolute atomic E-state index is 11.7. The molecule has 5 rings (SSSR count). The van der Waals surface area contributed by atoms with Crippen molar-refractivity contribution < 1.29 is 9.59 Å². The molecule has 5 aromatic rings. The van der Waals surface area contributed by atoms with Crippen LogP contribution in [0.4, 0.5) is 0 Å². The number of carbonyl (C=O) groups is 2. The fourth-order valence-electron chi connectivity index (χ4n) is 3.18. The van der Waals surface area contributed by atoms with Crippen LogP contribution in [0.1, 0.15) is 20.8 Å². The van der Waals surface area contributed by atoms with Crippen LogP contribution >= 0.6 is 0 Å². The molecule has 0 aromatic carbocycles. The maximum atomic E-state index is 11.7. The Labute approximate surface area is 167 Å². The molecule has 0 aliphatic rings. The standard InChI is InChI=1S/C19H13N9O2/c20-15(29)10-3-4-22-18-13(10)25-19(26-18)14-11-5-9(7-24-17(11)28-27-14)8-1-2-12(16(21)30)23-6-8/h1-7H,(H2,20,29)(H2,21,30)(H,22,25,26)(H,24,27,28). The minimum atomic E-state index is -0.596. The van der Waals surface area contributed by atoms with Crippen LogP contribution in [0.5, 0.6) is 0 Å². The van der Waals surface area contributed by atoms with Crippen molar-refractivity contribution in [3.8, 4) is 22.6 Å². The summed E-state index contributed by atoms with van der Waals surface area (Å²) >= 11 is 0. The summed E-state index contributed by atoms with van der Waals surface area (Å²) in [5, 5.41) is 7.83. The molecule has 5 heterocycles. The van der Waals surface area contributed by atoms with Crippen molar-refractivity contribution >= 4 is 34.0 Å². The summed E-state index contributed by atoms with van der Waals surface area (Å²) in [6.45, 7) is 0. The first-order valence-corrected chi connectivity index (χ1v) is 8.76. The number of nitrogens with zero attached hydrogens (tertiary/aromatic N) is 5. The van der Waals surface area contributed by atoms with Crippen LogP contribution in [-0.2, 0) is 0 Å². The Morgan fingerprint density at radius 1 is 0.900 bits per heavy atom. The summed E-state index contributed by atoms with van der Waals surface area (Å²) < 4.78 is 0. The second-order valence-electron chi connectivity index (χ2n) is 6.50. The Hall–Kier alpha value is -4.67. The number of aromatic nitrogens is 7. The molecule has 0 fully saturated rings. The largest absolute Gasteiger partial charge is 0.366 e. The highest BCUT2D eigenvalue weighted by Gasteiger charge is 2.17. The van der Waals surface area contributed by atoms with Gasteiger partial charge in [0.1, 0.15) is 11.4 Å². The number of pyridine rings is 3. The first kappa shape index (κ1) is 17.4. The Morgan fingerprint density at radius 3 is 2.47 bits per heavy atom. The van der Waals surface area contributed by atoms with E-state index in [-0.39, 0.29) is 5.69 Å². The van der Waals surface area contributed by atoms with Crippen molar-refractivity contribution in [3.05, 3.63) is 54.1 Å². The normalized spacial score (nSPS) is 11.2. The predicted octanol–water partition coefficient (Wildman–Crippen LogP) is 1.16. The van der Waals surface area contributed by atoms with Gasteiger partial charge in [0.2, 0.25) is 0 Å². The fourth-order valence-corrected chi connectivity index (χ4v) is 3.18.